The Morgan fingerprint density at radius 1 is 0.935 bits per heavy atom. The van der Waals surface area contributed by atoms with Crippen LogP contribution in [0.15, 0.2) is 66.7 Å². The number of aromatic nitrogens is 1. The topological polar surface area (TPSA) is 42.0 Å². The van der Waals surface area contributed by atoms with Gasteiger partial charge in [-0.05, 0) is 68.1 Å². The molecule has 0 saturated carbocycles. The van der Waals surface area contributed by atoms with Crippen LogP contribution in [0, 0.1) is 20.8 Å². The molecule has 0 bridgehead atoms. The Labute approximate surface area is 188 Å². The van der Waals surface area contributed by atoms with Gasteiger partial charge in [0.1, 0.15) is 0 Å². The molecule has 0 spiro atoms. The maximum Gasteiger partial charge on any atom is 0.252 e. The number of para-hydroxylation sites is 1. The van der Waals surface area contributed by atoms with E-state index in [2.05, 4.69) is 37.4 Å². The first kappa shape index (κ1) is 21.1. The number of nitrogens with one attached hydrogen (secondary N) is 1. The van der Waals surface area contributed by atoms with Crippen molar-refractivity contribution in [2.24, 2.45) is 0 Å². The maximum atomic E-state index is 13.5. The number of benzene rings is 3. The number of rotatable bonds is 4. The number of carbonyl (C=O) groups is 1. The SMILES string of the molecule is Cc1ccc([C@@H](C)NC(=O)c2c(C)c(-c3cccc(Cl)c3)nc3ccccc23)cc1C. The van der Waals surface area contributed by atoms with Crippen molar-refractivity contribution < 1.29 is 4.79 Å². The van der Waals surface area contributed by atoms with Crippen LogP contribution in [-0.2, 0) is 0 Å². The summed E-state index contributed by atoms with van der Waals surface area (Å²) in [6.07, 6.45) is 0. The number of aryl methyl sites for hydroxylation is 2. The van der Waals surface area contributed by atoms with Crippen LogP contribution in [0.1, 0.15) is 45.6 Å². The highest BCUT2D eigenvalue weighted by Crippen LogP contribution is 2.31. The van der Waals surface area contributed by atoms with Crippen LogP contribution in [0.4, 0.5) is 0 Å². The van der Waals surface area contributed by atoms with Gasteiger partial charge >= 0.3 is 0 Å². The van der Waals surface area contributed by atoms with E-state index in [1.54, 1.807) is 0 Å². The highest BCUT2D eigenvalue weighted by atomic mass is 35.5. The molecule has 1 aromatic heterocycles. The van der Waals surface area contributed by atoms with E-state index in [1.165, 1.54) is 11.1 Å². The van der Waals surface area contributed by atoms with Crippen LogP contribution in [0.2, 0.25) is 5.02 Å². The van der Waals surface area contributed by atoms with Crippen LogP contribution >= 0.6 is 11.6 Å². The Kier molecular flexibility index (Phi) is 5.79. The van der Waals surface area contributed by atoms with Crippen molar-refractivity contribution in [1.29, 1.82) is 0 Å². The molecule has 0 aliphatic heterocycles. The van der Waals surface area contributed by atoms with E-state index < -0.39 is 0 Å². The summed E-state index contributed by atoms with van der Waals surface area (Å²) in [5.74, 6) is -0.106. The van der Waals surface area contributed by atoms with Crippen molar-refractivity contribution in [3.05, 3.63) is 99.6 Å². The Morgan fingerprint density at radius 3 is 2.45 bits per heavy atom. The molecule has 0 aliphatic rings. The summed E-state index contributed by atoms with van der Waals surface area (Å²) in [6.45, 7) is 8.14. The van der Waals surface area contributed by atoms with E-state index in [0.29, 0.717) is 10.6 Å². The third kappa shape index (κ3) is 4.19. The zero-order chi connectivity index (χ0) is 22.1. The first-order chi connectivity index (χ1) is 14.8. The molecule has 3 aromatic carbocycles. The molecule has 4 heteroatoms. The number of hydrogen-bond donors (Lipinski definition) is 1. The minimum absolute atomic E-state index is 0.106. The third-order valence-electron chi connectivity index (χ3n) is 5.84. The second-order valence-corrected chi connectivity index (χ2v) is 8.46. The van der Waals surface area contributed by atoms with Gasteiger partial charge in [0, 0.05) is 16.0 Å². The zero-order valence-corrected chi connectivity index (χ0v) is 18.9. The summed E-state index contributed by atoms with van der Waals surface area (Å²) in [6, 6.07) is 21.5. The van der Waals surface area contributed by atoms with Gasteiger partial charge in [0.15, 0.2) is 0 Å². The zero-order valence-electron chi connectivity index (χ0n) is 18.2. The minimum Gasteiger partial charge on any atom is -0.345 e. The standard InChI is InChI=1S/C27H25ClN2O/c1-16-12-13-20(14-17(16)2)19(4)29-27(31)25-18(3)26(21-8-7-9-22(28)15-21)30-24-11-6-5-10-23(24)25/h5-15,19H,1-4H3,(H,29,31)/t19-/m1/s1. The van der Waals surface area contributed by atoms with E-state index in [1.807, 2.05) is 62.4 Å². The second kappa shape index (κ2) is 8.52. The van der Waals surface area contributed by atoms with Crippen molar-refractivity contribution in [1.82, 2.24) is 10.3 Å². The molecule has 1 heterocycles. The first-order valence-electron chi connectivity index (χ1n) is 10.4. The lowest BCUT2D eigenvalue weighted by Gasteiger charge is -2.19. The molecule has 1 N–H and O–H groups in total. The minimum atomic E-state index is -0.118. The van der Waals surface area contributed by atoms with Gasteiger partial charge in [-0.25, -0.2) is 4.98 Å². The number of halogens is 1. The molecule has 1 atom stereocenters. The highest BCUT2D eigenvalue weighted by Gasteiger charge is 2.21. The lowest BCUT2D eigenvalue weighted by Crippen LogP contribution is -2.28. The molecule has 3 nitrogen and oxygen atoms in total. The second-order valence-electron chi connectivity index (χ2n) is 8.03. The van der Waals surface area contributed by atoms with Gasteiger partial charge < -0.3 is 5.32 Å². The lowest BCUT2D eigenvalue weighted by molar-refractivity contribution is 0.0941. The number of amides is 1. The van der Waals surface area contributed by atoms with E-state index in [-0.39, 0.29) is 11.9 Å². The van der Waals surface area contributed by atoms with Crippen molar-refractivity contribution in [3.63, 3.8) is 0 Å². The van der Waals surface area contributed by atoms with Gasteiger partial charge in [0.25, 0.3) is 5.91 Å². The monoisotopic (exact) mass is 428 g/mol. The predicted octanol–water partition coefficient (Wildman–Crippen LogP) is 6.97. The summed E-state index contributed by atoms with van der Waals surface area (Å²) >= 11 is 6.22. The van der Waals surface area contributed by atoms with E-state index >= 15 is 0 Å². The molecule has 4 aromatic rings. The molecule has 31 heavy (non-hydrogen) atoms. The quantitative estimate of drug-likeness (QED) is 0.381. The Balaban J connectivity index is 1.79. The van der Waals surface area contributed by atoms with E-state index in [0.717, 1.165) is 33.3 Å². The van der Waals surface area contributed by atoms with Gasteiger partial charge in [-0.3, -0.25) is 4.79 Å². The summed E-state index contributed by atoms with van der Waals surface area (Å²) in [5.41, 5.74) is 7.48. The van der Waals surface area contributed by atoms with Crippen LogP contribution < -0.4 is 5.32 Å². The number of fused-ring (bicyclic) bond motifs is 1. The average molecular weight is 429 g/mol. The Morgan fingerprint density at radius 2 is 1.71 bits per heavy atom. The molecule has 156 valence electrons. The van der Waals surface area contributed by atoms with E-state index in [4.69, 9.17) is 16.6 Å². The fourth-order valence-corrected chi connectivity index (χ4v) is 4.09. The van der Waals surface area contributed by atoms with Gasteiger partial charge in [-0.1, -0.05) is 60.1 Å². The van der Waals surface area contributed by atoms with Crippen LogP contribution in [0.25, 0.3) is 22.2 Å². The molecule has 0 radical (unpaired) electrons. The maximum absolute atomic E-state index is 13.5. The number of carbonyl (C=O) groups excluding carboxylic acids is 1. The lowest BCUT2D eigenvalue weighted by atomic mass is 9.96. The predicted molar refractivity (Wildman–Crippen MR) is 129 cm³/mol. The highest BCUT2D eigenvalue weighted by molar-refractivity contribution is 6.30. The number of nitrogens with zero attached hydrogens (tertiary/aromatic N) is 1. The fraction of sp³-hybridized carbons (Fsp3) is 0.185. The van der Waals surface area contributed by atoms with Crippen molar-refractivity contribution in [3.8, 4) is 11.3 Å². The van der Waals surface area contributed by atoms with Crippen LogP contribution in [-0.4, -0.2) is 10.9 Å². The summed E-state index contributed by atoms with van der Waals surface area (Å²) in [4.78, 5) is 18.3. The average Bonchev–Trinajstić information content (AvgIpc) is 2.75. The molecule has 1 amide bonds. The molecular weight excluding hydrogens is 404 g/mol. The Bertz CT molecular complexity index is 1300. The summed E-state index contributed by atoms with van der Waals surface area (Å²) in [7, 11) is 0. The number of hydrogen-bond acceptors (Lipinski definition) is 2. The van der Waals surface area contributed by atoms with Crippen molar-refractivity contribution in [2.45, 2.75) is 33.7 Å². The largest absolute Gasteiger partial charge is 0.345 e. The van der Waals surface area contributed by atoms with Gasteiger partial charge in [0.05, 0.1) is 22.8 Å². The molecule has 0 aliphatic carbocycles. The summed E-state index contributed by atoms with van der Waals surface area (Å²) < 4.78 is 0. The molecule has 0 unspecified atom stereocenters. The Hall–Kier alpha value is -3.17. The smallest absolute Gasteiger partial charge is 0.252 e. The molecular formula is C27H25ClN2O. The molecule has 0 fully saturated rings. The first-order valence-corrected chi connectivity index (χ1v) is 10.8. The third-order valence-corrected chi connectivity index (χ3v) is 6.07. The van der Waals surface area contributed by atoms with Gasteiger partial charge in [0.2, 0.25) is 0 Å². The van der Waals surface area contributed by atoms with E-state index in [9.17, 15) is 4.79 Å². The molecule has 0 saturated heterocycles. The van der Waals surface area contributed by atoms with Crippen molar-refractivity contribution >= 4 is 28.4 Å². The van der Waals surface area contributed by atoms with Crippen molar-refractivity contribution in [2.75, 3.05) is 0 Å². The summed E-state index contributed by atoms with van der Waals surface area (Å²) in [5, 5.41) is 4.67. The van der Waals surface area contributed by atoms with Crippen LogP contribution in [0.5, 0.6) is 0 Å². The van der Waals surface area contributed by atoms with Gasteiger partial charge in [-0.15, -0.1) is 0 Å². The fourth-order valence-electron chi connectivity index (χ4n) is 3.90. The number of pyridine rings is 1. The van der Waals surface area contributed by atoms with Gasteiger partial charge in [-0.2, -0.15) is 0 Å². The molecule has 4 rings (SSSR count). The normalized spacial score (nSPS) is 12.0. The van der Waals surface area contributed by atoms with Crippen LogP contribution in [0.3, 0.4) is 0 Å².